The van der Waals surface area contributed by atoms with Crippen molar-refractivity contribution in [1.82, 2.24) is 0 Å². The predicted molar refractivity (Wildman–Crippen MR) is 115 cm³/mol. The van der Waals surface area contributed by atoms with E-state index in [1.807, 2.05) is 0 Å². The first-order chi connectivity index (χ1) is 12.5. The number of allylic oxidation sites excluding steroid dienone is 1. The summed E-state index contributed by atoms with van der Waals surface area (Å²) in [5.41, 5.74) is 7.86. The van der Waals surface area contributed by atoms with Crippen LogP contribution in [0.2, 0.25) is 0 Å². The normalized spacial score (nSPS) is 12.0. The molecular formula is C26H28. The fourth-order valence-corrected chi connectivity index (χ4v) is 3.23. The maximum Gasteiger partial charge on any atom is -0.0184 e. The predicted octanol–water partition coefficient (Wildman–Crippen LogP) is 7.67. The van der Waals surface area contributed by atoms with Crippen molar-refractivity contribution >= 4 is 11.6 Å². The van der Waals surface area contributed by atoms with Crippen LogP contribution in [0.4, 0.5) is 0 Å². The van der Waals surface area contributed by atoms with Crippen molar-refractivity contribution in [2.75, 3.05) is 0 Å². The summed E-state index contributed by atoms with van der Waals surface area (Å²) >= 11 is 0. The molecular weight excluding hydrogens is 312 g/mol. The van der Waals surface area contributed by atoms with E-state index in [2.05, 4.69) is 113 Å². The third-order valence-corrected chi connectivity index (χ3v) is 4.87. The van der Waals surface area contributed by atoms with E-state index in [0.29, 0.717) is 11.8 Å². The molecule has 0 aliphatic heterocycles. The second-order valence-electron chi connectivity index (χ2n) is 7.52. The fourth-order valence-electron chi connectivity index (χ4n) is 3.23. The van der Waals surface area contributed by atoms with Gasteiger partial charge < -0.3 is 0 Å². The molecule has 0 saturated heterocycles. The second-order valence-corrected chi connectivity index (χ2v) is 7.52. The Labute approximate surface area is 158 Å². The second kappa shape index (κ2) is 8.19. The summed E-state index contributed by atoms with van der Waals surface area (Å²) in [4.78, 5) is 0. The zero-order valence-corrected chi connectivity index (χ0v) is 16.2. The lowest BCUT2D eigenvalue weighted by Gasteiger charge is -2.12. The standard InChI is InChI=1S/C26H28/c1-19(2)22-14-16-24(17-15-22)23-12-10-21(11-13-23)18-26(20(3)4)25-8-6-5-7-9-25/h5-20H,1-4H3/b26-18-. The van der Waals surface area contributed by atoms with Crippen LogP contribution in [-0.4, -0.2) is 0 Å². The smallest absolute Gasteiger partial charge is 0.0184 e. The molecule has 0 atom stereocenters. The highest BCUT2D eigenvalue weighted by atomic mass is 14.1. The number of hydrogen-bond donors (Lipinski definition) is 0. The van der Waals surface area contributed by atoms with E-state index in [9.17, 15) is 0 Å². The van der Waals surface area contributed by atoms with E-state index >= 15 is 0 Å². The number of rotatable bonds is 5. The zero-order chi connectivity index (χ0) is 18.5. The molecule has 3 aromatic rings. The summed E-state index contributed by atoms with van der Waals surface area (Å²) in [5.74, 6) is 1.06. The van der Waals surface area contributed by atoms with Crippen molar-refractivity contribution in [1.29, 1.82) is 0 Å². The largest absolute Gasteiger partial charge is 0.0622 e. The molecule has 26 heavy (non-hydrogen) atoms. The number of hydrogen-bond acceptors (Lipinski definition) is 0. The molecule has 0 aliphatic rings. The number of benzene rings is 3. The summed E-state index contributed by atoms with van der Waals surface area (Å²) in [5, 5.41) is 0. The van der Waals surface area contributed by atoms with Gasteiger partial charge in [0.25, 0.3) is 0 Å². The third-order valence-electron chi connectivity index (χ3n) is 4.87. The van der Waals surface area contributed by atoms with Crippen molar-refractivity contribution < 1.29 is 0 Å². The quantitative estimate of drug-likeness (QED) is 0.418. The van der Waals surface area contributed by atoms with Crippen LogP contribution in [0.3, 0.4) is 0 Å². The molecule has 0 aliphatic carbocycles. The van der Waals surface area contributed by atoms with E-state index in [0.717, 1.165) is 0 Å². The van der Waals surface area contributed by atoms with Crippen LogP contribution < -0.4 is 0 Å². The van der Waals surface area contributed by atoms with E-state index in [4.69, 9.17) is 0 Å². The Morgan fingerprint density at radius 2 is 1.19 bits per heavy atom. The van der Waals surface area contributed by atoms with Crippen LogP contribution in [-0.2, 0) is 0 Å². The van der Waals surface area contributed by atoms with Gasteiger partial charge in [-0.25, -0.2) is 0 Å². The first-order valence-electron chi connectivity index (χ1n) is 9.52. The van der Waals surface area contributed by atoms with Gasteiger partial charge in [0.1, 0.15) is 0 Å². The van der Waals surface area contributed by atoms with Gasteiger partial charge in [0.2, 0.25) is 0 Å². The van der Waals surface area contributed by atoms with Gasteiger partial charge in [0.05, 0.1) is 0 Å². The maximum atomic E-state index is 2.31. The highest BCUT2D eigenvalue weighted by molar-refractivity contribution is 5.83. The lowest BCUT2D eigenvalue weighted by atomic mass is 9.93. The summed E-state index contributed by atoms with van der Waals surface area (Å²) < 4.78 is 0. The first kappa shape index (κ1) is 18.2. The fraction of sp³-hybridized carbons (Fsp3) is 0.231. The van der Waals surface area contributed by atoms with Gasteiger partial charge >= 0.3 is 0 Å². The molecule has 132 valence electrons. The molecule has 0 unspecified atom stereocenters. The van der Waals surface area contributed by atoms with Gasteiger partial charge in [-0.1, -0.05) is 113 Å². The van der Waals surface area contributed by atoms with Crippen LogP contribution in [0, 0.1) is 5.92 Å². The van der Waals surface area contributed by atoms with Crippen LogP contribution in [0.15, 0.2) is 78.9 Å². The highest BCUT2D eigenvalue weighted by Gasteiger charge is 2.07. The van der Waals surface area contributed by atoms with Gasteiger partial charge in [-0.15, -0.1) is 0 Å². The molecule has 0 spiro atoms. The van der Waals surface area contributed by atoms with E-state index in [1.165, 1.54) is 33.4 Å². The molecule has 0 amide bonds. The Kier molecular flexibility index (Phi) is 5.73. The lowest BCUT2D eigenvalue weighted by molar-refractivity contribution is 0.859. The zero-order valence-electron chi connectivity index (χ0n) is 16.2. The molecule has 0 heteroatoms. The highest BCUT2D eigenvalue weighted by Crippen LogP contribution is 2.27. The van der Waals surface area contributed by atoms with E-state index < -0.39 is 0 Å². The van der Waals surface area contributed by atoms with Gasteiger partial charge in [-0.2, -0.15) is 0 Å². The molecule has 0 heterocycles. The Hall–Kier alpha value is -2.60. The Balaban J connectivity index is 1.86. The third kappa shape index (κ3) is 4.32. The van der Waals surface area contributed by atoms with Crippen molar-refractivity contribution in [2.24, 2.45) is 5.92 Å². The minimum Gasteiger partial charge on any atom is -0.0622 e. The van der Waals surface area contributed by atoms with Crippen molar-refractivity contribution in [3.63, 3.8) is 0 Å². The summed E-state index contributed by atoms with van der Waals surface area (Å²) in [7, 11) is 0. The van der Waals surface area contributed by atoms with Gasteiger partial charge in [-0.05, 0) is 45.2 Å². The summed E-state index contributed by atoms with van der Waals surface area (Å²) in [6, 6.07) is 28.5. The topological polar surface area (TPSA) is 0 Å². The molecule has 0 nitrogen and oxygen atoms in total. The van der Waals surface area contributed by atoms with Crippen molar-refractivity contribution in [3.8, 4) is 11.1 Å². The van der Waals surface area contributed by atoms with Crippen molar-refractivity contribution in [2.45, 2.75) is 33.6 Å². The van der Waals surface area contributed by atoms with Crippen LogP contribution in [0.5, 0.6) is 0 Å². The minimum atomic E-state index is 0.487. The average molecular weight is 341 g/mol. The molecule has 3 rings (SSSR count). The lowest BCUT2D eigenvalue weighted by Crippen LogP contribution is -1.93. The first-order valence-corrected chi connectivity index (χ1v) is 9.52. The molecule has 0 saturated carbocycles. The van der Waals surface area contributed by atoms with Gasteiger partial charge in [0, 0.05) is 0 Å². The molecule has 0 aromatic heterocycles. The molecule has 0 fully saturated rings. The van der Waals surface area contributed by atoms with Crippen LogP contribution in [0.1, 0.15) is 50.3 Å². The Morgan fingerprint density at radius 1 is 0.654 bits per heavy atom. The summed E-state index contributed by atoms with van der Waals surface area (Å²) in [6.07, 6.45) is 2.31. The van der Waals surface area contributed by atoms with Crippen LogP contribution in [0.25, 0.3) is 22.8 Å². The minimum absolute atomic E-state index is 0.487. The van der Waals surface area contributed by atoms with Crippen molar-refractivity contribution in [3.05, 3.63) is 95.6 Å². The van der Waals surface area contributed by atoms with E-state index in [-0.39, 0.29) is 0 Å². The van der Waals surface area contributed by atoms with Gasteiger partial charge in [-0.3, -0.25) is 0 Å². The van der Waals surface area contributed by atoms with Crippen LogP contribution >= 0.6 is 0 Å². The average Bonchev–Trinajstić information content (AvgIpc) is 2.67. The monoisotopic (exact) mass is 340 g/mol. The Morgan fingerprint density at radius 3 is 1.69 bits per heavy atom. The molecule has 0 bridgehead atoms. The molecule has 3 aromatic carbocycles. The SMILES string of the molecule is CC(C)/C(=C/c1ccc(-c2ccc(C(C)C)cc2)cc1)c1ccccc1. The maximum absolute atomic E-state index is 2.31. The van der Waals surface area contributed by atoms with E-state index in [1.54, 1.807) is 0 Å². The summed E-state index contributed by atoms with van der Waals surface area (Å²) in [6.45, 7) is 8.97. The Bertz CT molecular complexity index is 848. The van der Waals surface area contributed by atoms with Gasteiger partial charge in [0.15, 0.2) is 0 Å². The molecule has 0 radical (unpaired) electrons. The molecule has 0 N–H and O–H groups in total.